The minimum Gasteiger partial charge on any atom is -0.493 e. The van der Waals surface area contributed by atoms with Gasteiger partial charge in [0.15, 0.2) is 11.5 Å². The Balaban J connectivity index is 1.31. The van der Waals surface area contributed by atoms with Gasteiger partial charge in [0.25, 0.3) is 0 Å². The molecule has 2 fully saturated rings. The molecule has 1 aromatic carbocycles. The van der Waals surface area contributed by atoms with Gasteiger partial charge < -0.3 is 19.8 Å². The number of aryl methyl sites for hydroxylation is 1. The van der Waals surface area contributed by atoms with E-state index in [0.717, 1.165) is 81.2 Å². The van der Waals surface area contributed by atoms with Crippen molar-refractivity contribution in [2.24, 2.45) is 5.92 Å². The topological polar surface area (TPSA) is 82.7 Å². The summed E-state index contributed by atoms with van der Waals surface area (Å²) in [4.78, 5) is 26.0. The molecule has 0 aliphatic carbocycles. The van der Waals surface area contributed by atoms with Crippen LogP contribution in [-0.2, 0) is 17.8 Å². The van der Waals surface area contributed by atoms with Gasteiger partial charge in [0, 0.05) is 43.5 Å². The second-order valence-electron chi connectivity index (χ2n) is 10.9. The van der Waals surface area contributed by atoms with E-state index in [1.54, 1.807) is 7.11 Å². The Labute approximate surface area is 221 Å². The van der Waals surface area contributed by atoms with Crippen molar-refractivity contribution >= 4 is 5.91 Å². The lowest BCUT2D eigenvalue weighted by Crippen LogP contribution is -2.41. The Kier molecular flexibility index (Phi) is 8.66. The van der Waals surface area contributed by atoms with E-state index in [1.165, 1.54) is 18.4 Å². The highest BCUT2D eigenvalue weighted by molar-refractivity contribution is 5.78. The molecule has 3 aliphatic rings. The van der Waals surface area contributed by atoms with E-state index in [0.29, 0.717) is 37.7 Å². The third-order valence-corrected chi connectivity index (χ3v) is 8.28. The molecule has 202 valence electrons. The summed E-state index contributed by atoms with van der Waals surface area (Å²) in [6, 6.07) is 7.34. The van der Waals surface area contributed by atoms with Crippen molar-refractivity contribution in [3.63, 3.8) is 0 Å². The van der Waals surface area contributed by atoms with Crippen LogP contribution in [0, 0.1) is 5.92 Å². The van der Waals surface area contributed by atoms with E-state index < -0.39 is 0 Å². The Morgan fingerprint density at radius 3 is 3.00 bits per heavy atom. The molecule has 8 nitrogen and oxygen atoms in total. The molecule has 2 saturated heterocycles. The average Bonchev–Trinajstić information content (AvgIpc) is 3.63. The fourth-order valence-electron chi connectivity index (χ4n) is 6.38. The number of imidazole rings is 1. The monoisotopic (exact) mass is 509 g/mol. The number of hydrogen-bond donors (Lipinski definition) is 2. The lowest BCUT2D eigenvalue weighted by Gasteiger charge is -2.25. The molecule has 1 amide bonds. The number of aromatic nitrogens is 2. The number of aromatic amines is 1. The smallest absolute Gasteiger partial charge is 0.234 e. The summed E-state index contributed by atoms with van der Waals surface area (Å²) in [6.07, 6.45) is 10.6. The number of benzene rings is 1. The van der Waals surface area contributed by atoms with Crippen molar-refractivity contribution in [3.8, 4) is 11.5 Å². The zero-order valence-electron chi connectivity index (χ0n) is 22.5. The SMILES string of the molecule is CCCCc1ncc(CN2CCCCOc3cc(ccc3OC)[C@H]3C[C@H](CNC(=O)C2)[C@@H]2CCCN32)[nH]1. The maximum Gasteiger partial charge on any atom is 0.234 e. The molecule has 1 aromatic heterocycles. The second-order valence-corrected chi connectivity index (χ2v) is 10.9. The van der Waals surface area contributed by atoms with Gasteiger partial charge in [-0.2, -0.15) is 0 Å². The molecule has 2 aromatic rings. The molecule has 37 heavy (non-hydrogen) atoms. The maximum absolute atomic E-state index is 13.1. The van der Waals surface area contributed by atoms with E-state index in [4.69, 9.17) is 9.47 Å². The molecule has 4 bridgehead atoms. The number of hydrogen-bond acceptors (Lipinski definition) is 6. The molecule has 0 spiro atoms. The zero-order chi connectivity index (χ0) is 25.6. The number of rotatable bonds is 6. The summed E-state index contributed by atoms with van der Waals surface area (Å²) in [7, 11) is 1.71. The van der Waals surface area contributed by atoms with Crippen LogP contribution in [0.4, 0.5) is 0 Å². The Morgan fingerprint density at radius 2 is 2.14 bits per heavy atom. The van der Waals surface area contributed by atoms with Crippen LogP contribution in [0.1, 0.15) is 75.0 Å². The lowest BCUT2D eigenvalue weighted by molar-refractivity contribution is -0.122. The van der Waals surface area contributed by atoms with E-state index in [2.05, 4.69) is 50.2 Å². The molecule has 4 heterocycles. The van der Waals surface area contributed by atoms with Crippen molar-refractivity contribution in [2.45, 2.75) is 76.9 Å². The van der Waals surface area contributed by atoms with E-state index in [9.17, 15) is 4.79 Å². The van der Waals surface area contributed by atoms with Crippen molar-refractivity contribution < 1.29 is 14.3 Å². The third-order valence-electron chi connectivity index (χ3n) is 8.28. The first-order chi connectivity index (χ1) is 18.1. The highest BCUT2D eigenvalue weighted by atomic mass is 16.5. The van der Waals surface area contributed by atoms with Crippen LogP contribution in [0.5, 0.6) is 11.5 Å². The first-order valence-electron chi connectivity index (χ1n) is 14.2. The van der Waals surface area contributed by atoms with Gasteiger partial charge in [-0.3, -0.25) is 14.6 Å². The van der Waals surface area contributed by atoms with Crippen molar-refractivity contribution in [1.29, 1.82) is 0 Å². The number of fused-ring (bicyclic) bond motifs is 8. The first-order valence-corrected chi connectivity index (χ1v) is 14.2. The van der Waals surface area contributed by atoms with Gasteiger partial charge in [0.1, 0.15) is 5.82 Å². The zero-order valence-corrected chi connectivity index (χ0v) is 22.5. The van der Waals surface area contributed by atoms with Crippen LogP contribution < -0.4 is 14.8 Å². The van der Waals surface area contributed by atoms with Crippen LogP contribution in [0.3, 0.4) is 0 Å². The number of unbranched alkanes of at least 4 members (excludes halogenated alkanes) is 1. The number of carbonyl (C=O) groups excluding carboxylic acids is 1. The Morgan fingerprint density at radius 1 is 1.22 bits per heavy atom. The Hall–Kier alpha value is -2.58. The number of amides is 1. The maximum atomic E-state index is 13.1. The molecule has 0 unspecified atom stereocenters. The van der Waals surface area contributed by atoms with Crippen molar-refractivity contribution in [2.75, 3.05) is 39.9 Å². The van der Waals surface area contributed by atoms with E-state index in [-0.39, 0.29) is 5.91 Å². The highest BCUT2D eigenvalue weighted by Crippen LogP contribution is 2.46. The summed E-state index contributed by atoms with van der Waals surface area (Å²) < 4.78 is 11.9. The van der Waals surface area contributed by atoms with Gasteiger partial charge in [-0.25, -0.2) is 4.98 Å². The molecule has 2 N–H and O–H groups in total. The third kappa shape index (κ3) is 6.29. The highest BCUT2D eigenvalue weighted by Gasteiger charge is 2.44. The summed E-state index contributed by atoms with van der Waals surface area (Å²) in [5, 5.41) is 3.30. The van der Waals surface area contributed by atoms with Crippen LogP contribution in [0.25, 0.3) is 0 Å². The van der Waals surface area contributed by atoms with Gasteiger partial charge in [-0.15, -0.1) is 0 Å². The minimum atomic E-state index is 0.119. The number of H-pyrrole nitrogens is 1. The predicted molar refractivity (Wildman–Crippen MR) is 144 cm³/mol. The van der Waals surface area contributed by atoms with Crippen molar-refractivity contribution in [3.05, 3.63) is 41.5 Å². The Bertz CT molecular complexity index is 1040. The molecular weight excluding hydrogens is 466 g/mol. The van der Waals surface area contributed by atoms with Gasteiger partial charge in [0.05, 0.1) is 20.3 Å². The normalized spacial score (nSPS) is 25.5. The van der Waals surface area contributed by atoms with E-state index >= 15 is 0 Å². The molecule has 8 heteroatoms. The number of carbonyl (C=O) groups is 1. The van der Waals surface area contributed by atoms with Crippen molar-refractivity contribution in [1.82, 2.24) is 25.1 Å². The molecule has 3 aliphatic heterocycles. The fourth-order valence-corrected chi connectivity index (χ4v) is 6.38. The summed E-state index contributed by atoms with van der Waals surface area (Å²) >= 11 is 0. The number of methoxy groups -OCH3 is 1. The number of ether oxygens (including phenoxy) is 2. The minimum absolute atomic E-state index is 0.119. The molecule has 3 atom stereocenters. The molecular formula is C29H43N5O3. The molecule has 5 rings (SSSR count). The fraction of sp³-hybridized carbons (Fsp3) is 0.655. The number of nitrogens with one attached hydrogen (secondary N) is 2. The van der Waals surface area contributed by atoms with Crippen LogP contribution >= 0.6 is 0 Å². The van der Waals surface area contributed by atoms with Gasteiger partial charge in [-0.05, 0) is 75.2 Å². The van der Waals surface area contributed by atoms with Crippen LogP contribution in [0.2, 0.25) is 0 Å². The lowest BCUT2D eigenvalue weighted by atomic mass is 9.94. The summed E-state index contributed by atoms with van der Waals surface area (Å²) in [5.74, 6) is 3.27. The molecule has 0 saturated carbocycles. The predicted octanol–water partition coefficient (Wildman–Crippen LogP) is 4.08. The summed E-state index contributed by atoms with van der Waals surface area (Å²) in [6.45, 7) is 6.63. The van der Waals surface area contributed by atoms with Crippen LogP contribution in [0.15, 0.2) is 24.4 Å². The van der Waals surface area contributed by atoms with Gasteiger partial charge >= 0.3 is 0 Å². The average molecular weight is 510 g/mol. The van der Waals surface area contributed by atoms with Gasteiger partial charge in [-0.1, -0.05) is 19.4 Å². The van der Waals surface area contributed by atoms with Crippen LogP contribution in [-0.4, -0.2) is 71.6 Å². The summed E-state index contributed by atoms with van der Waals surface area (Å²) in [5.41, 5.74) is 2.37. The van der Waals surface area contributed by atoms with E-state index in [1.807, 2.05) is 6.20 Å². The largest absolute Gasteiger partial charge is 0.493 e. The quantitative estimate of drug-likeness (QED) is 0.611. The van der Waals surface area contributed by atoms with Gasteiger partial charge in [0.2, 0.25) is 5.91 Å². The number of nitrogens with zero attached hydrogens (tertiary/aromatic N) is 3. The second kappa shape index (κ2) is 12.3. The first kappa shape index (κ1) is 26.0. The molecule has 0 radical (unpaired) electrons. The standard InChI is InChI=1S/C29H43N5O3/c1-3-4-9-28-30-18-23(32-28)19-33-12-5-6-14-37-27-16-21(10-11-26(27)36-2)25-15-22(17-31-29(35)20-33)24-8-7-13-34(24)25/h10-11,16,18,22,24-25H,3-9,12-15,17,19-20H2,1-2H3,(H,30,32)(H,31,35)/t22-,24+,25-/m1/s1.